The predicted octanol–water partition coefficient (Wildman–Crippen LogP) is 20.9. The van der Waals surface area contributed by atoms with Gasteiger partial charge in [-0.25, -0.2) is 9.13 Å². The molecular formula is C75H134O16P2. The molecule has 0 heterocycles. The number of allylic oxidation sites excluding steroid dienone is 14. The molecule has 0 spiro atoms. The summed E-state index contributed by atoms with van der Waals surface area (Å²) in [5, 5.41) is 20.6. The van der Waals surface area contributed by atoms with Crippen LogP contribution in [0.3, 0.4) is 0 Å². The number of aliphatic hydroxyl groups excluding tert-OH is 2. The average Bonchev–Trinajstić information content (AvgIpc) is 2.38. The monoisotopic (exact) mass is 1350 g/mol. The van der Waals surface area contributed by atoms with Crippen LogP contribution in [-0.4, -0.2) is 95.9 Å². The summed E-state index contributed by atoms with van der Waals surface area (Å²) in [5.41, 5.74) is 0. The number of unbranched alkanes of at least 4 members (excludes halogenated alkanes) is 33. The number of hydrogen-bond acceptors (Lipinski definition) is 14. The van der Waals surface area contributed by atoms with E-state index in [1.54, 1.807) is 0 Å². The highest BCUT2D eigenvalue weighted by molar-refractivity contribution is 7.47. The lowest BCUT2D eigenvalue weighted by atomic mass is 10.0. The highest BCUT2D eigenvalue weighted by Gasteiger charge is 2.29. The first kappa shape index (κ1) is 89.7. The van der Waals surface area contributed by atoms with Gasteiger partial charge in [0.2, 0.25) is 0 Å². The third kappa shape index (κ3) is 69.9. The molecule has 0 aromatic rings. The molecule has 0 rings (SSSR count). The highest BCUT2D eigenvalue weighted by atomic mass is 31.2. The van der Waals surface area contributed by atoms with Crippen molar-refractivity contribution in [1.29, 1.82) is 0 Å². The van der Waals surface area contributed by atoms with E-state index >= 15 is 0 Å². The van der Waals surface area contributed by atoms with Gasteiger partial charge in [0.05, 0.1) is 26.4 Å². The molecule has 93 heavy (non-hydrogen) atoms. The summed E-state index contributed by atoms with van der Waals surface area (Å²) < 4.78 is 60.9. The molecule has 5 unspecified atom stereocenters. The molecule has 0 amide bonds. The number of phosphoric acid groups is 2. The number of carbonyl (C=O) groups is 3. The standard InChI is InChI=1S/C75H134O16P2/c1-4-7-10-13-16-19-22-24-26-27-28-29-30-31-32-33-34-35-36-37-38-39-40-41-43-45-47-49-52-55-58-61-73(78)85-64-70(76)65-87-92(81,82)88-66-71(77)67-89-93(83,84)90-69-72(91-75(80)63-60-57-54-51-46-21-18-15-12-9-6-3)68-86-74(79)62-59-56-53-50-48-44-42-25-23-20-17-14-11-8-5-2/h7,10,16,19,24-26,28-29,31-32,34-35,42,70-72,76-77H,4-6,8-9,11-15,17-18,20-23,27,30,33,36-41,43-69H2,1-3H3,(H,81,82)(H,83,84)/b10-7-,19-16-,26-24-,29-28-,32-31-,35-34-,42-25-. The second-order valence-electron chi connectivity index (χ2n) is 24.7. The minimum Gasteiger partial charge on any atom is -0.463 e. The predicted molar refractivity (Wildman–Crippen MR) is 381 cm³/mol. The molecule has 0 fully saturated rings. The van der Waals surface area contributed by atoms with Gasteiger partial charge in [-0.1, -0.05) is 286 Å². The lowest BCUT2D eigenvalue weighted by molar-refractivity contribution is -0.161. The molecule has 5 atom stereocenters. The van der Waals surface area contributed by atoms with E-state index < -0.39 is 91.5 Å². The van der Waals surface area contributed by atoms with Crippen molar-refractivity contribution in [2.24, 2.45) is 0 Å². The van der Waals surface area contributed by atoms with Crippen LogP contribution in [0.2, 0.25) is 0 Å². The normalized spacial score (nSPS) is 14.6. The van der Waals surface area contributed by atoms with Gasteiger partial charge in [0.15, 0.2) is 6.10 Å². The van der Waals surface area contributed by atoms with Crippen LogP contribution in [0.4, 0.5) is 0 Å². The van der Waals surface area contributed by atoms with Crippen LogP contribution in [0.1, 0.15) is 316 Å². The highest BCUT2D eigenvalue weighted by Crippen LogP contribution is 2.45. The Bertz CT molecular complexity index is 2040. The fourth-order valence-corrected chi connectivity index (χ4v) is 11.6. The first-order valence-electron chi connectivity index (χ1n) is 36.9. The quantitative estimate of drug-likeness (QED) is 0.0146. The second-order valence-corrected chi connectivity index (χ2v) is 27.6. The Morgan fingerprint density at radius 1 is 0.312 bits per heavy atom. The van der Waals surface area contributed by atoms with Crippen LogP contribution < -0.4 is 0 Å². The van der Waals surface area contributed by atoms with Gasteiger partial charge in [-0.2, -0.15) is 0 Å². The molecule has 0 aromatic heterocycles. The summed E-state index contributed by atoms with van der Waals surface area (Å²) in [6, 6.07) is 0. The SMILES string of the molecule is CC/C=C\C/C=C\C/C=C\C/C=C\C/C=C\C/C=C\CCCCCCCCCCCCCCC(=O)OCC(O)COP(=O)(O)OCC(O)COP(=O)(O)OCC(COC(=O)CCCCCCC/C=C\CCCCCCCC)OC(=O)CCCCCCCCCCCCC. The van der Waals surface area contributed by atoms with Crippen molar-refractivity contribution in [2.75, 3.05) is 39.6 Å². The van der Waals surface area contributed by atoms with Crippen LogP contribution >= 0.6 is 15.6 Å². The first-order valence-corrected chi connectivity index (χ1v) is 39.9. The lowest BCUT2D eigenvalue weighted by Crippen LogP contribution is -2.30. The number of rotatable bonds is 70. The van der Waals surface area contributed by atoms with Gasteiger partial charge in [-0.15, -0.1) is 0 Å². The smallest absolute Gasteiger partial charge is 0.463 e. The van der Waals surface area contributed by atoms with Gasteiger partial charge in [-0.05, 0) is 96.3 Å². The number of phosphoric ester groups is 2. The molecule has 0 saturated carbocycles. The maximum absolute atomic E-state index is 12.9. The Labute approximate surface area is 565 Å². The molecule has 0 aromatic carbocycles. The number of esters is 3. The largest absolute Gasteiger partial charge is 0.472 e. The summed E-state index contributed by atoms with van der Waals surface area (Å²) in [6.45, 7) is 2.56. The molecule has 0 aliphatic carbocycles. The Morgan fingerprint density at radius 2 is 0.570 bits per heavy atom. The number of aliphatic hydroxyl groups is 2. The average molecular weight is 1350 g/mol. The van der Waals surface area contributed by atoms with Gasteiger partial charge in [-0.3, -0.25) is 32.5 Å². The summed E-state index contributed by atoms with van der Waals surface area (Å²) in [4.78, 5) is 58.3. The maximum Gasteiger partial charge on any atom is 0.472 e. The van der Waals surface area contributed by atoms with Crippen LogP contribution in [-0.2, 0) is 55.8 Å². The number of hydrogen-bond donors (Lipinski definition) is 4. The van der Waals surface area contributed by atoms with E-state index in [9.17, 15) is 43.5 Å². The molecule has 0 saturated heterocycles. The molecule has 18 heteroatoms. The Kier molecular flexibility index (Phi) is 66.2. The zero-order chi connectivity index (χ0) is 68.1. The Hall–Kier alpha value is -3.27. The molecule has 0 aliphatic rings. The van der Waals surface area contributed by atoms with Gasteiger partial charge in [0.1, 0.15) is 25.4 Å². The zero-order valence-electron chi connectivity index (χ0n) is 58.7. The number of carbonyl (C=O) groups excluding carboxylic acids is 3. The van der Waals surface area contributed by atoms with E-state index in [4.69, 9.17) is 32.3 Å². The summed E-state index contributed by atoms with van der Waals surface area (Å²) in [7, 11) is -9.76. The van der Waals surface area contributed by atoms with Gasteiger partial charge in [0, 0.05) is 19.3 Å². The number of ether oxygens (including phenoxy) is 3. The van der Waals surface area contributed by atoms with Crippen LogP contribution in [0.5, 0.6) is 0 Å². The van der Waals surface area contributed by atoms with Crippen molar-refractivity contribution in [1.82, 2.24) is 0 Å². The van der Waals surface area contributed by atoms with E-state index in [0.717, 1.165) is 128 Å². The van der Waals surface area contributed by atoms with E-state index in [2.05, 4.69) is 106 Å². The maximum atomic E-state index is 12.9. The Balaban J connectivity index is 4.37. The molecule has 0 radical (unpaired) electrons. The topological polar surface area (TPSA) is 231 Å². The van der Waals surface area contributed by atoms with Crippen molar-refractivity contribution in [3.05, 3.63) is 85.1 Å². The van der Waals surface area contributed by atoms with Crippen molar-refractivity contribution in [3.63, 3.8) is 0 Å². The van der Waals surface area contributed by atoms with Crippen LogP contribution in [0.25, 0.3) is 0 Å². The van der Waals surface area contributed by atoms with Crippen molar-refractivity contribution in [3.8, 4) is 0 Å². The summed E-state index contributed by atoms with van der Waals surface area (Å²) >= 11 is 0. The van der Waals surface area contributed by atoms with Crippen molar-refractivity contribution in [2.45, 2.75) is 334 Å². The second kappa shape index (κ2) is 68.7. The van der Waals surface area contributed by atoms with E-state index in [1.165, 1.54) is 128 Å². The summed E-state index contributed by atoms with van der Waals surface area (Å²) in [5.74, 6) is -1.57. The van der Waals surface area contributed by atoms with Crippen molar-refractivity contribution < 1.29 is 75.8 Å². The Morgan fingerprint density at radius 3 is 0.914 bits per heavy atom. The molecule has 0 aliphatic heterocycles. The molecule has 16 nitrogen and oxygen atoms in total. The lowest BCUT2D eigenvalue weighted by Gasteiger charge is -2.21. The third-order valence-corrected chi connectivity index (χ3v) is 17.5. The van der Waals surface area contributed by atoms with E-state index in [-0.39, 0.29) is 19.3 Å². The van der Waals surface area contributed by atoms with Gasteiger partial charge >= 0.3 is 33.6 Å². The molecule has 4 N–H and O–H groups in total. The van der Waals surface area contributed by atoms with Crippen LogP contribution in [0, 0.1) is 0 Å². The molecule has 0 bridgehead atoms. The molecular weight excluding hydrogens is 1220 g/mol. The van der Waals surface area contributed by atoms with Crippen molar-refractivity contribution >= 4 is 33.6 Å². The first-order chi connectivity index (χ1) is 45.2. The van der Waals surface area contributed by atoms with E-state index in [1.807, 2.05) is 0 Å². The fourth-order valence-electron chi connectivity index (χ4n) is 9.98. The minimum atomic E-state index is -4.92. The van der Waals surface area contributed by atoms with Crippen LogP contribution in [0.15, 0.2) is 85.1 Å². The minimum absolute atomic E-state index is 0.108. The zero-order valence-corrected chi connectivity index (χ0v) is 60.5. The molecule has 540 valence electrons. The third-order valence-electron chi connectivity index (χ3n) is 15.6. The fraction of sp³-hybridized carbons (Fsp3) is 0.773. The van der Waals surface area contributed by atoms with E-state index in [0.29, 0.717) is 19.3 Å². The van der Waals surface area contributed by atoms with Gasteiger partial charge in [0.25, 0.3) is 0 Å². The summed E-state index contributed by atoms with van der Waals surface area (Å²) in [6.07, 6.45) is 75.1. The van der Waals surface area contributed by atoms with Gasteiger partial charge < -0.3 is 34.2 Å².